The fraction of sp³-hybridized carbons (Fsp3) is 0.133. The highest BCUT2D eigenvalue weighted by Gasteiger charge is 2.03. The van der Waals surface area contributed by atoms with Crippen molar-refractivity contribution in [2.75, 3.05) is 0 Å². The molecule has 19 heavy (non-hydrogen) atoms. The molecular weight excluding hydrogens is 238 g/mol. The van der Waals surface area contributed by atoms with Crippen LogP contribution >= 0.6 is 0 Å². The SMILES string of the molecule is Cc1ccc(COc2cccc3cnccc23)nn1. The minimum absolute atomic E-state index is 0.411. The van der Waals surface area contributed by atoms with Gasteiger partial charge in [-0.2, -0.15) is 10.2 Å². The van der Waals surface area contributed by atoms with E-state index >= 15 is 0 Å². The molecule has 0 aliphatic rings. The molecule has 0 aliphatic heterocycles. The molecule has 3 aromatic rings. The van der Waals surface area contributed by atoms with Gasteiger partial charge >= 0.3 is 0 Å². The maximum Gasteiger partial charge on any atom is 0.132 e. The monoisotopic (exact) mass is 251 g/mol. The number of fused-ring (bicyclic) bond motifs is 1. The number of benzene rings is 1. The highest BCUT2D eigenvalue weighted by Crippen LogP contribution is 2.24. The normalized spacial score (nSPS) is 10.6. The van der Waals surface area contributed by atoms with Gasteiger partial charge in [-0.1, -0.05) is 12.1 Å². The number of rotatable bonds is 3. The third-order valence-electron chi connectivity index (χ3n) is 2.87. The van der Waals surface area contributed by atoms with Crippen LogP contribution in [0.15, 0.2) is 48.8 Å². The molecule has 4 heteroatoms. The molecule has 1 aromatic carbocycles. The summed E-state index contributed by atoms with van der Waals surface area (Å²) < 4.78 is 5.81. The first-order chi connectivity index (χ1) is 9.33. The Kier molecular flexibility index (Phi) is 3.06. The lowest BCUT2D eigenvalue weighted by molar-refractivity contribution is 0.303. The Morgan fingerprint density at radius 1 is 1.05 bits per heavy atom. The van der Waals surface area contributed by atoms with Crippen LogP contribution in [0.25, 0.3) is 10.8 Å². The fourth-order valence-electron chi connectivity index (χ4n) is 1.87. The minimum atomic E-state index is 0.411. The lowest BCUT2D eigenvalue weighted by Crippen LogP contribution is -2.00. The van der Waals surface area contributed by atoms with Crippen LogP contribution in [-0.2, 0) is 6.61 Å². The summed E-state index contributed by atoms with van der Waals surface area (Å²) in [4.78, 5) is 4.10. The van der Waals surface area contributed by atoms with E-state index in [-0.39, 0.29) is 0 Å². The molecular formula is C15H13N3O. The van der Waals surface area contributed by atoms with E-state index < -0.39 is 0 Å². The number of hydrogen-bond acceptors (Lipinski definition) is 4. The summed E-state index contributed by atoms with van der Waals surface area (Å²) in [6.07, 6.45) is 3.59. The Morgan fingerprint density at radius 3 is 2.84 bits per heavy atom. The van der Waals surface area contributed by atoms with Crippen molar-refractivity contribution < 1.29 is 4.74 Å². The molecule has 0 atom stereocenters. The molecule has 0 bridgehead atoms. The Bertz CT molecular complexity index is 690. The van der Waals surface area contributed by atoms with Gasteiger partial charge in [-0.3, -0.25) is 4.98 Å². The zero-order valence-electron chi connectivity index (χ0n) is 10.6. The summed E-state index contributed by atoms with van der Waals surface area (Å²) in [5, 5.41) is 10.2. The highest BCUT2D eigenvalue weighted by molar-refractivity contribution is 5.87. The average molecular weight is 251 g/mol. The summed E-state index contributed by atoms with van der Waals surface area (Å²) in [5.74, 6) is 0.835. The zero-order chi connectivity index (χ0) is 13.1. The molecule has 0 fully saturated rings. The topological polar surface area (TPSA) is 47.9 Å². The van der Waals surface area contributed by atoms with E-state index in [1.54, 1.807) is 6.20 Å². The third-order valence-corrected chi connectivity index (χ3v) is 2.87. The number of ether oxygens (including phenoxy) is 1. The number of pyridine rings is 1. The van der Waals surface area contributed by atoms with Gasteiger partial charge in [0, 0.05) is 23.2 Å². The van der Waals surface area contributed by atoms with E-state index in [0.717, 1.165) is 27.9 Å². The Morgan fingerprint density at radius 2 is 2.00 bits per heavy atom. The van der Waals surface area contributed by atoms with Crippen molar-refractivity contribution in [1.82, 2.24) is 15.2 Å². The quantitative estimate of drug-likeness (QED) is 0.718. The van der Waals surface area contributed by atoms with Crippen molar-refractivity contribution in [2.45, 2.75) is 13.5 Å². The van der Waals surface area contributed by atoms with Crippen molar-refractivity contribution in [1.29, 1.82) is 0 Å². The molecule has 94 valence electrons. The second kappa shape index (κ2) is 5.02. The van der Waals surface area contributed by atoms with Crippen LogP contribution in [0.3, 0.4) is 0 Å². The molecule has 0 radical (unpaired) electrons. The number of nitrogens with zero attached hydrogens (tertiary/aromatic N) is 3. The summed E-state index contributed by atoms with van der Waals surface area (Å²) >= 11 is 0. The number of aryl methyl sites for hydroxylation is 1. The molecule has 0 aliphatic carbocycles. The van der Waals surface area contributed by atoms with Crippen LogP contribution in [0.2, 0.25) is 0 Å². The average Bonchev–Trinajstić information content (AvgIpc) is 2.47. The van der Waals surface area contributed by atoms with E-state index in [9.17, 15) is 0 Å². The Hall–Kier alpha value is -2.49. The van der Waals surface area contributed by atoms with E-state index in [1.807, 2.05) is 49.5 Å². The van der Waals surface area contributed by atoms with Crippen LogP contribution < -0.4 is 4.74 Å². The van der Waals surface area contributed by atoms with Gasteiger partial charge in [0.05, 0.1) is 5.69 Å². The van der Waals surface area contributed by atoms with E-state index in [4.69, 9.17) is 4.74 Å². The largest absolute Gasteiger partial charge is 0.487 e. The fourth-order valence-corrected chi connectivity index (χ4v) is 1.87. The van der Waals surface area contributed by atoms with Crippen molar-refractivity contribution in [2.24, 2.45) is 0 Å². The summed E-state index contributed by atoms with van der Waals surface area (Å²) in [6.45, 7) is 2.32. The minimum Gasteiger partial charge on any atom is -0.487 e. The Balaban J connectivity index is 1.84. The van der Waals surface area contributed by atoms with Gasteiger partial charge in [0.25, 0.3) is 0 Å². The van der Waals surface area contributed by atoms with Gasteiger partial charge in [-0.05, 0) is 31.2 Å². The van der Waals surface area contributed by atoms with Gasteiger partial charge in [-0.25, -0.2) is 0 Å². The summed E-state index contributed by atoms with van der Waals surface area (Å²) in [7, 11) is 0. The standard InChI is InChI=1S/C15H13N3O/c1-11-5-6-13(18-17-11)10-19-15-4-2-3-12-9-16-8-7-14(12)15/h2-9H,10H2,1H3. The smallest absolute Gasteiger partial charge is 0.132 e. The van der Waals surface area contributed by atoms with Crippen LogP contribution in [0, 0.1) is 6.92 Å². The lowest BCUT2D eigenvalue weighted by Gasteiger charge is -2.08. The molecule has 0 saturated heterocycles. The van der Waals surface area contributed by atoms with E-state index in [2.05, 4.69) is 15.2 Å². The number of hydrogen-bond donors (Lipinski definition) is 0. The molecule has 0 saturated carbocycles. The third kappa shape index (κ3) is 2.52. The van der Waals surface area contributed by atoms with Crippen LogP contribution in [0.4, 0.5) is 0 Å². The van der Waals surface area contributed by atoms with Crippen LogP contribution in [0.1, 0.15) is 11.4 Å². The lowest BCUT2D eigenvalue weighted by atomic mass is 10.1. The maximum atomic E-state index is 5.81. The van der Waals surface area contributed by atoms with Crippen molar-refractivity contribution in [3.8, 4) is 5.75 Å². The zero-order valence-corrected chi connectivity index (χ0v) is 10.6. The van der Waals surface area contributed by atoms with Crippen LogP contribution in [0.5, 0.6) is 5.75 Å². The summed E-state index contributed by atoms with van der Waals surface area (Å²) in [5.41, 5.74) is 1.72. The number of aromatic nitrogens is 3. The van der Waals surface area contributed by atoms with Crippen LogP contribution in [-0.4, -0.2) is 15.2 Å². The molecule has 0 N–H and O–H groups in total. The predicted molar refractivity (Wildman–Crippen MR) is 72.8 cm³/mol. The molecule has 4 nitrogen and oxygen atoms in total. The van der Waals surface area contributed by atoms with Crippen molar-refractivity contribution >= 4 is 10.8 Å². The van der Waals surface area contributed by atoms with Gasteiger partial charge < -0.3 is 4.74 Å². The van der Waals surface area contributed by atoms with Gasteiger partial charge in [0.15, 0.2) is 0 Å². The molecule has 2 aromatic heterocycles. The van der Waals surface area contributed by atoms with Gasteiger partial charge in [-0.15, -0.1) is 0 Å². The molecule has 0 amide bonds. The molecule has 3 rings (SSSR count). The van der Waals surface area contributed by atoms with Crippen molar-refractivity contribution in [3.05, 3.63) is 60.2 Å². The van der Waals surface area contributed by atoms with E-state index in [0.29, 0.717) is 6.61 Å². The second-order valence-electron chi connectivity index (χ2n) is 4.31. The summed E-state index contributed by atoms with van der Waals surface area (Å²) in [6, 6.07) is 11.7. The molecule has 0 spiro atoms. The Labute approximate surface area is 111 Å². The second-order valence-corrected chi connectivity index (χ2v) is 4.31. The maximum absolute atomic E-state index is 5.81. The molecule has 0 unspecified atom stereocenters. The van der Waals surface area contributed by atoms with Gasteiger partial charge in [0.2, 0.25) is 0 Å². The first-order valence-electron chi connectivity index (χ1n) is 6.08. The first-order valence-corrected chi connectivity index (χ1v) is 6.08. The predicted octanol–water partition coefficient (Wildman–Crippen LogP) is 2.91. The van der Waals surface area contributed by atoms with Gasteiger partial charge in [0.1, 0.15) is 18.1 Å². The first kappa shape index (κ1) is 11.6. The highest BCUT2D eigenvalue weighted by atomic mass is 16.5. The van der Waals surface area contributed by atoms with Crippen molar-refractivity contribution in [3.63, 3.8) is 0 Å². The van der Waals surface area contributed by atoms with E-state index in [1.165, 1.54) is 0 Å². The molecule has 2 heterocycles.